The number of hydrogen-bond acceptors (Lipinski definition) is 4. The molecule has 4 N–H and O–H groups in total. The van der Waals surface area contributed by atoms with Crippen molar-refractivity contribution in [3.8, 4) is 11.1 Å². The van der Waals surface area contributed by atoms with Gasteiger partial charge in [0.25, 0.3) is 0 Å². The summed E-state index contributed by atoms with van der Waals surface area (Å²) < 4.78 is 0. The number of H-pyrrole nitrogens is 1. The monoisotopic (exact) mass is 362 g/mol. The Hall–Kier alpha value is -3.35. The number of nitrogens with one attached hydrogen (secondary N) is 2. The molecule has 0 saturated carbocycles. The van der Waals surface area contributed by atoms with E-state index in [4.69, 9.17) is 5.73 Å². The normalized spacial score (nSPS) is 16.9. The number of anilines is 2. The van der Waals surface area contributed by atoms with E-state index < -0.39 is 0 Å². The van der Waals surface area contributed by atoms with E-state index in [0.717, 1.165) is 41.9 Å². The molecule has 0 aliphatic carbocycles. The van der Waals surface area contributed by atoms with Gasteiger partial charge in [0.05, 0.1) is 6.20 Å². The molecular weight excluding hydrogens is 340 g/mol. The van der Waals surface area contributed by atoms with Gasteiger partial charge in [-0.05, 0) is 42.7 Å². The minimum absolute atomic E-state index is 0.0693. The van der Waals surface area contributed by atoms with Gasteiger partial charge in [0.2, 0.25) is 0 Å². The van der Waals surface area contributed by atoms with E-state index in [2.05, 4.69) is 20.5 Å². The van der Waals surface area contributed by atoms with Gasteiger partial charge in [0.1, 0.15) is 5.82 Å². The highest BCUT2D eigenvalue weighted by atomic mass is 16.2. The minimum atomic E-state index is -0.0693. The maximum Gasteiger partial charge on any atom is 0.321 e. The Morgan fingerprint density at radius 3 is 2.93 bits per heavy atom. The van der Waals surface area contributed by atoms with Crippen molar-refractivity contribution in [3.05, 3.63) is 60.6 Å². The van der Waals surface area contributed by atoms with Crippen molar-refractivity contribution in [2.45, 2.75) is 18.8 Å². The second-order valence-electron chi connectivity index (χ2n) is 6.75. The van der Waals surface area contributed by atoms with Crippen molar-refractivity contribution in [3.63, 3.8) is 0 Å². The summed E-state index contributed by atoms with van der Waals surface area (Å²) >= 11 is 0. The molecule has 4 rings (SSSR count). The summed E-state index contributed by atoms with van der Waals surface area (Å²) in [7, 11) is 0. The highest BCUT2D eigenvalue weighted by molar-refractivity contribution is 5.89. The van der Waals surface area contributed by atoms with E-state index in [1.54, 1.807) is 6.20 Å². The lowest BCUT2D eigenvalue weighted by Crippen LogP contribution is -2.41. The Kier molecular flexibility index (Phi) is 4.74. The molecule has 0 spiro atoms. The number of carbonyl (C=O) groups is 1. The van der Waals surface area contributed by atoms with E-state index in [1.165, 1.54) is 0 Å². The van der Waals surface area contributed by atoms with Crippen LogP contribution < -0.4 is 11.1 Å². The fourth-order valence-corrected chi connectivity index (χ4v) is 3.57. The lowest BCUT2D eigenvalue weighted by Gasteiger charge is -2.32. The second-order valence-corrected chi connectivity index (χ2v) is 6.75. The Balaban J connectivity index is 1.51. The Labute approximate surface area is 157 Å². The van der Waals surface area contributed by atoms with Gasteiger partial charge in [-0.25, -0.2) is 9.78 Å². The number of carbonyl (C=O) groups excluding carboxylic acids is 1. The number of aromatic nitrogens is 3. The van der Waals surface area contributed by atoms with Crippen LogP contribution in [0, 0.1) is 0 Å². The van der Waals surface area contributed by atoms with Gasteiger partial charge < -0.3 is 16.0 Å². The number of amides is 2. The molecule has 27 heavy (non-hydrogen) atoms. The summed E-state index contributed by atoms with van der Waals surface area (Å²) in [5, 5.41) is 10.3. The fraction of sp³-hybridized carbons (Fsp3) is 0.250. The number of para-hydroxylation sites is 1. The summed E-state index contributed by atoms with van der Waals surface area (Å²) in [4.78, 5) is 18.6. The van der Waals surface area contributed by atoms with E-state index in [9.17, 15) is 4.79 Å². The Bertz CT molecular complexity index is 923. The SMILES string of the molecule is Nc1cc(-c2cn[nH]c2C2CCCN(C(=O)Nc3ccccc3)C2)ccn1. The Morgan fingerprint density at radius 2 is 2.11 bits per heavy atom. The molecule has 0 radical (unpaired) electrons. The summed E-state index contributed by atoms with van der Waals surface area (Å²) in [5.41, 5.74) is 9.67. The van der Waals surface area contributed by atoms with Gasteiger partial charge in [-0.15, -0.1) is 0 Å². The van der Waals surface area contributed by atoms with Crippen LogP contribution in [0.2, 0.25) is 0 Å². The molecule has 7 heteroatoms. The van der Waals surface area contributed by atoms with E-state index >= 15 is 0 Å². The van der Waals surface area contributed by atoms with Crippen LogP contribution >= 0.6 is 0 Å². The summed E-state index contributed by atoms with van der Waals surface area (Å²) in [6, 6.07) is 13.2. The third-order valence-corrected chi connectivity index (χ3v) is 4.90. The van der Waals surface area contributed by atoms with Crippen LogP contribution in [-0.2, 0) is 0 Å². The molecule has 7 nitrogen and oxygen atoms in total. The number of hydrogen-bond donors (Lipinski definition) is 3. The molecule has 0 bridgehead atoms. The van der Waals surface area contributed by atoms with Crippen LogP contribution in [-0.4, -0.2) is 39.2 Å². The summed E-state index contributed by atoms with van der Waals surface area (Å²) in [6.45, 7) is 1.40. The zero-order valence-corrected chi connectivity index (χ0v) is 14.9. The molecule has 1 aromatic carbocycles. The molecule has 1 fully saturated rings. The third-order valence-electron chi connectivity index (χ3n) is 4.90. The van der Waals surface area contributed by atoms with E-state index in [1.807, 2.05) is 53.6 Å². The number of nitrogens with two attached hydrogens (primary N) is 1. The van der Waals surface area contributed by atoms with Gasteiger partial charge in [-0.3, -0.25) is 5.10 Å². The lowest BCUT2D eigenvalue weighted by atomic mass is 9.91. The number of benzene rings is 1. The van der Waals surface area contributed by atoms with Gasteiger partial charge >= 0.3 is 6.03 Å². The number of nitrogen functional groups attached to an aromatic ring is 1. The molecule has 3 heterocycles. The van der Waals surface area contributed by atoms with Gasteiger partial charge in [-0.1, -0.05) is 18.2 Å². The average Bonchev–Trinajstić information content (AvgIpc) is 3.19. The average molecular weight is 362 g/mol. The highest BCUT2D eigenvalue weighted by Gasteiger charge is 2.27. The molecule has 138 valence electrons. The van der Waals surface area contributed by atoms with Crippen LogP contribution in [0.15, 0.2) is 54.9 Å². The number of piperidine rings is 1. The van der Waals surface area contributed by atoms with E-state index in [0.29, 0.717) is 12.4 Å². The largest absolute Gasteiger partial charge is 0.384 e. The first-order valence-electron chi connectivity index (χ1n) is 9.07. The van der Waals surface area contributed by atoms with Crippen molar-refractivity contribution < 1.29 is 4.79 Å². The van der Waals surface area contributed by atoms with E-state index in [-0.39, 0.29) is 11.9 Å². The predicted molar refractivity (Wildman–Crippen MR) is 105 cm³/mol. The van der Waals surface area contributed by atoms with Crippen LogP contribution in [0.3, 0.4) is 0 Å². The predicted octanol–water partition coefficient (Wildman–Crippen LogP) is 3.47. The van der Waals surface area contributed by atoms with Crippen molar-refractivity contribution >= 4 is 17.5 Å². The lowest BCUT2D eigenvalue weighted by molar-refractivity contribution is 0.192. The molecule has 1 atom stereocenters. The second kappa shape index (κ2) is 7.49. The van der Waals surface area contributed by atoms with Crippen LogP contribution in [0.25, 0.3) is 11.1 Å². The van der Waals surface area contributed by atoms with Crippen LogP contribution in [0.5, 0.6) is 0 Å². The summed E-state index contributed by atoms with van der Waals surface area (Å²) in [5.74, 6) is 0.680. The molecule has 2 amide bonds. The highest BCUT2D eigenvalue weighted by Crippen LogP contribution is 2.33. The topological polar surface area (TPSA) is 99.9 Å². The van der Waals surface area contributed by atoms with Gasteiger partial charge in [0, 0.05) is 42.1 Å². The molecule has 1 unspecified atom stereocenters. The standard InChI is InChI=1S/C20H22N6O/c21-18-11-14(8-9-22-18)17-12-23-25-19(17)15-5-4-10-26(13-15)20(27)24-16-6-2-1-3-7-16/h1-3,6-9,11-12,15H,4-5,10,13H2,(H2,21,22)(H,23,25)(H,24,27). The number of aromatic amines is 1. The van der Waals surface area contributed by atoms with Crippen molar-refractivity contribution in [2.75, 3.05) is 24.1 Å². The van der Waals surface area contributed by atoms with Crippen LogP contribution in [0.4, 0.5) is 16.3 Å². The van der Waals surface area contributed by atoms with Crippen LogP contribution in [0.1, 0.15) is 24.5 Å². The van der Waals surface area contributed by atoms with Gasteiger partial charge in [-0.2, -0.15) is 5.10 Å². The third kappa shape index (κ3) is 3.76. The maximum atomic E-state index is 12.6. The number of urea groups is 1. The zero-order chi connectivity index (χ0) is 18.6. The van der Waals surface area contributed by atoms with Crippen molar-refractivity contribution in [1.29, 1.82) is 0 Å². The molecule has 1 saturated heterocycles. The molecule has 2 aromatic heterocycles. The number of nitrogens with zero attached hydrogens (tertiary/aromatic N) is 3. The molecule has 1 aliphatic heterocycles. The smallest absolute Gasteiger partial charge is 0.321 e. The number of likely N-dealkylation sites (tertiary alicyclic amines) is 1. The Morgan fingerprint density at radius 1 is 1.26 bits per heavy atom. The first-order chi connectivity index (χ1) is 13.2. The van der Waals surface area contributed by atoms with Crippen molar-refractivity contribution in [2.24, 2.45) is 0 Å². The molecular formula is C20H22N6O. The zero-order valence-electron chi connectivity index (χ0n) is 14.9. The van der Waals surface area contributed by atoms with Crippen molar-refractivity contribution in [1.82, 2.24) is 20.1 Å². The number of pyridine rings is 1. The maximum absolute atomic E-state index is 12.6. The fourth-order valence-electron chi connectivity index (χ4n) is 3.57. The minimum Gasteiger partial charge on any atom is -0.384 e. The first-order valence-corrected chi connectivity index (χ1v) is 9.07. The molecule has 1 aliphatic rings. The quantitative estimate of drug-likeness (QED) is 0.664. The number of rotatable bonds is 3. The molecule has 3 aromatic rings. The first kappa shape index (κ1) is 17.1. The van der Waals surface area contributed by atoms with Gasteiger partial charge in [0.15, 0.2) is 0 Å². The summed E-state index contributed by atoms with van der Waals surface area (Å²) in [6.07, 6.45) is 5.46.